The Morgan fingerprint density at radius 3 is 2.41 bits per heavy atom. The molecule has 0 unspecified atom stereocenters. The van der Waals surface area contributed by atoms with E-state index in [1.807, 2.05) is 38.1 Å². The smallest absolute Gasteiger partial charge is 0.229 e. The molecule has 0 bridgehead atoms. The summed E-state index contributed by atoms with van der Waals surface area (Å²) < 4.78 is 25.3. The van der Waals surface area contributed by atoms with Crippen LogP contribution in [0.15, 0.2) is 60.7 Å². The summed E-state index contributed by atoms with van der Waals surface area (Å²) in [5.74, 6) is -0.357. The lowest BCUT2D eigenvalue weighted by Gasteiger charge is -2.28. The van der Waals surface area contributed by atoms with Gasteiger partial charge in [0.1, 0.15) is 11.5 Å². The first-order chi connectivity index (χ1) is 18.2. The van der Waals surface area contributed by atoms with Crippen molar-refractivity contribution in [2.75, 3.05) is 17.5 Å². The van der Waals surface area contributed by atoms with Crippen LogP contribution in [0.4, 0.5) is 5.69 Å². The highest BCUT2D eigenvalue weighted by atomic mass is 35.5. The Hall–Kier alpha value is -3.31. The van der Waals surface area contributed by atoms with Gasteiger partial charge in [-0.1, -0.05) is 41.9 Å². The summed E-state index contributed by atoms with van der Waals surface area (Å²) in [5, 5.41) is 37.1. The fraction of sp³-hybridized carbons (Fsp3) is 0.321. The Morgan fingerprint density at radius 2 is 1.69 bits per heavy atom. The average molecular weight is 576 g/mol. The highest BCUT2D eigenvalue weighted by molar-refractivity contribution is 7.92. The van der Waals surface area contributed by atoms with E-state index in [9.17, 15) is 28.5 Å². The third-order valence-electron chi connectivity index (χ3n) is 5.99. The number of hydrogen-bond donors (Lipinski definition) is 6. The number of halogens is 1. The number of aliphatic hydroxyl groups excluding tert-OH is 1. The van der Waals surface area contributed by atoms with E-state index in [4.69, 9.17) is 11.6 Å². The lowest BCUT2D eigenvalue weighted by molar-refractivity contribution is -0.120. The van der Waals surface area contributed by atoms with Crippen LogP contribution in [0.3, 0.4) is 0 Å². The molecule has 3 aromatic rings. The predicted molar refractivity (Wildman–Crippen MR) is 152 cm³/mol. The molecule has 0 fully saturated rings. The molecule has 11 heteroatoms. The van der Waals surface area contributed by atoms with Gasteiger partial charge in [-0.15, -0.1) is 0 Å². The maximum Gasteiger partial charge on any atom is 0.229 e. The van der Waals surface area contributed by atoms with Crippen molar-refractivity contribution >= 4 is 33.2 Å². The molecule has 1 atom stereocenters. The number of nitrogens with one attached hydrogen (secondary N) is 3. The van der Waals surface area contributed by atoms with Gasteiger partial charge in [0.2, 0.25) is 15.9 Å². The van der Waals surface area contributed by atoms with Crippen LogP contribution in [-0.4, -0.2) is 48.0 Å². The molecule has 0 aliphatic rings. The lowest BCUT2D eigenvalue weighted by atomic mass is 9.93. The van der Waals surface area contributed by atoms with Gasteiger partial charge in [-0.25, -0.2) is 8.42 Å². The van der Waals surface area contributed by atoms with E-state index < -0.39 is 21.7 Å². The van der Waals surface area contributed by atoms with E-state index >= 15 is 0 Å². The highest BCUT2D eigenvalue weighted by Crippen LogP contribution is 2.28. The molecular formula is C28H34ClN3O6S. The van der Waals surface area contributed by atoms with Crippen molar-refractivity contribution in [3.63, 3.8) is 0 Å². The van der Waals surface area contributed by atoms with Gasteiger partial charge < -0.3 is 26.0 Å². The fourth-order valence-electron chi connectivity index (χ4n) is 4.09. The molecule has 0 aliphatic carbocycles. The maximum atomic E-state index is 12.5. The van der Waals surface area contributed by atoms with Gasteiger partial charge in [-0.05, 0) is 67.3 Å². The molecule has 0 aliphatic heterocycles. The number of aliphatic hydroxyl groups is 1. The summed E-state index contributed by atoms with van der Waals surface area (Å²) in [7, 11) is -3.59. The molecule has 3 rings (SSSR count). The first-order valence-electron chi connectivity index (χ1n) is 12.3. The third-order valence-corrected chi connectivity index (χ3v) is 6.82. The summed E-state index contributed by atoms with van der Waals surface area (Å²) in [6, 6.07) is 16.6. The zero-order valence-electron chi connectivity index (χ0n) is 22.0. The van der Waals surface area contributed by atoms with Crippen molar-refractivity contribution in [3.8, 4) is 11.5 Å². The normalized spacial score (nSPS) is 12.6. The number of benzene rings is 3. The van der Waals surface area contributed by atoms with Crippen LogP contribution in [0.25, 0.3) is 0 Å². The Labute approximate surface area is 233 Å². The van der Waals surface area contributed by atoms with Crippen molar-refractivity contribution in [2.24, 2.45) is 0 Å². The summed E-state index contributed by atoms with van der Waals surface area (Å²) >= 11 is 5.96. The number of rotatable bonds is 12. The molecule has 0 spiro atoms. The topological polar surface area (TPSA) is 148 Å². The quantitative estimate of drug-likeness (QED) is 0.181. The molecule has 0 aromatic heterocycles. The summed E-state index contributed by atoms with van der Waals surface area (Å²) in [6.07, 6.45) is 0.821. The molecular weight excluding hydrogens is 542 g/mol. The van der Waals surface area contributed by atoms with Gasteiger partial charge >= 0.3 is 0 Å². The third kappa shape index (κ3) is 9.74. The molecule has 0 heterocycles. The second kappa shape index (κ2) is 12.7. The SMILES string of the molecule is CC(C)(Cc1cccc(CC(=O)NCc2cc(Cl)ccc2O)c1)NC[C@H](O)c1ccc(O)c(NS(C)(=O)=O)c1. The van der Waals surface area contributed by atoms with Gasteiger partial charge in [-0.2, -0.15) is 0 Å². The van der Waals surface area contributed by atoms with Crippen molar-refractivity contribution in [1.29, 1.82) is 0 Å². The zero-order valence-corrected chi connectivity index (χ0v) is 23.6. The minimum atomic E-state index is -3.59. The van der Waals surface area contributed by atoms with Crippen LogP contribution in [0.1, 0.15) is 42.2 Å². The van der Waals surface area contributed by atoms with E-state index in [1.165, 1.54) is 24.3 Å². The van der Waals surface area contributed by atoms with Gasteiger partial charge in [-0.3, -0.25) is 9.52 Å². The minimum absolute atomic E-state index is 0.00136. The number of sulfonamides is 1. The van der Waals surface area contributed by atoms with Gasteiger partial charge in [0, 0.05) is 29.2 Å². The highest BCUT2D eigenvalue weighted by Gasteiger charge is 2.21. The Kier molecular flexibility index (Phi) is 9.84. The van der Waals surface area contributed by atoms with Crippen LogP contribution in [0.5, 0.6) is 11.5 Å². The van der Waals surface area contributed by atoms with Crippen molar-refractivity contribution in [2.45, 2.75) is 44.9 Å². The van der Waals surface area contributed by atoms with Gasteiger partial charge in [0.05, 0.1) is 24.5 Å². The number of hydrogen-bond acceptors (Lipinski definition) is 7. The van der Waals surface area contributed by atoms with Crippen molar-refractivity contribution < 1.29 is 28.5 Å². The largest absolute Gasteiger partial charge is 0.508 e. The number of anilines is 1. The minimum Gasteiger partial charge on any atom is -0.508 e. The fourth-order valence-corrected chi connectivity index (χ4v) is 4.85. The lowest BCUT2D eigenvalue weighted by Crippen LogP contribution is -2.43. The van der Waals surface area contributed by atoms with Gasteiger partial charge in [0.25, 0.3) is 0 Å². The van der Waals surface area contributed by atoms with Crippen LogP contribution in [-0.2, 0) is 34.2 Å². The van der Waals surface area contributed by atoms with E-state index in [0.29, 0.717) is 22.6 Å². The Morgan fingerprint density at radius 1 is 1.00 bits per heavy atom. The molecule has 1 amide bonds. The van der Waals surface area contributed by atoms with E-state index in [2.05, 4.69) is 15.4 Å². The van der Waals surface area contributed by atoms with Crippen LogP contribution >= 0.6 is 11.6 Å². The first kappa shape index (κ1) is 30.2. The summed E-state index contributed by atoms with van der Waals surface area (Å²) in [5.41, 5.74) is 2.40. The number of amides is 1. The molecule has 3 aromatic carbocycles. The molecule has 9 nitrogen and oxygen atoms in total. The van der Waals surface area contributed by atoms with Crippen LogP contribution in [0.2, 0.25) is 5.02 Å². The number of aromatic hydroxyl groups is 2. The Balaban J connectivity index is 1.56. The second-order valence-electron chi connectivity index (χ2n) is 10.2. The number of carbonyl (C=O) groups is 1. The summed E-state index contributed by atoms with van der Waals surface area (Å²) in [4.78, 5) is 12.5. The molecule has 210 valence electrons. The van der Waals surface area contributed by atoms with Crippen molar-refractivity contribution in [1.82, 2.24) is 10.6 Å². The second-order valence-corrected chi connectivity index (χ2v) is 12.3. The standard InChI is InChI=1S/C28H34ClN3O6S/c1-28(2,31-17-26(35)20-7-9-25(34)23(14-20)32-39(3,37)38)15-19-6-4-5-18(11-19)12-27(36)30-16-21-13-22(29)8-10-24(21)33/h4-11,13-14,26,31-35H,12,15-17H2,1-3H3,(H,30,36)/t26-/m0/s1. The summed E-state index contributed by atoms with van der Waals surface area (Å²) in [6.45, 7) is 4.33. The van der Waals surface area contributed by atoms with Crippen LogP contribution < -0.4 is 15.4 Å². The van der Waals surface area contributed by atoms with Gasteiger partial charge in [0.15, 0.2) is 0 Å². The average Bonchev–Trinajstić information content (AvgIpc) is 2.83. The van der Waals surface area contributed by atoms with E-state index in [1.54, 1.807) is 12.1 Å². The number of phenolic OH excluding ortho intramolecular Hbond substituents is 2. The first-order valence-corrected chi connectivity index (χ1v) is 14.5. The number of β-amino-alcohol motifs (C(OH)–C–C–N with tert-alkyl or cyclic N) is 1. The molecule has 39 heavy (non-hydrogen) atoms. The number of carbonyl (C=O) groups excluding carboxylic acids is 1. The predicted octanol–water partition coefficient (Wildman–Crippen LogP) is 3.63. The monoisotopic (exact) mass is 575 g/mol. The molecule has 0 radical (unpaired) electrons. The van der Waals surface area contributed by atoms with E-state index in [-0.39, 0.29) is 42.6 Å². The van der Waals surface area contributed by atoms with Crippen LogP contribution in [0, 0.1) is 0 Å². The molecule has 0 saturated heterocycles. The zero-order chi connectivity index (χ0) is 28.8. The molecule has 6 N–H and O–H groups in total. The van der Waals surface area contributed by atoms with E-state index in [0.717, 1.165) is 17.4 Å². The maximum absolute atomic E-state index is 12.5. The number of phenols is 2. The van der Waals surface area contributed by atoms with Crippen molar-refractivity contribution in [3.05, 3.63) is 87.9 Å². The molecule has 0 saturated carbocycles. The Bertz CT molecular complexity index is 1430.